The molecule has 8 nitrogen and oxygen atoms in total. The van der Waals surface area contributed by atoms with Gasteiger partial charge >= 0.3 is 5.97 Å². The number of hydrogen-bond acceptors (Lipinski definition) is 8. The van der Waals surface area contributed by atoms with E-state index in [-0.39, 0.29) is 17.8 Å². The number of thiophene rings is 1. The van der Waals surface area contributed by atoms with Crippen LogP contribution in [0.15, 0.2) is 24.7 Å². The number of nitrogens with zero attached hydrogens (tertiary/aromatic N) is 4. The standard InChI is InChI=1S/C21H22ClN5O3S/c1-3-30-21(29)17-12(2)16-18(24-11-25-20(16)31-17)27-8-4-5-13(10-27)19(28)26-15-7-6-14(22)9-23-15/h6-7,9,11,13H,3-5,8,10H2,1-2H3,(H,23,26,28). The minimum Gasteiger partial charge on any atom is -0.462 e. The fourth-order valence-electron chi connectivity index (χ4n) is 3.75. The SMILES string of the molecule is CCOC(=O)c1sc2ncnc(N3CCCC(C(=O)Nc4ccc(Cl)cn4)C3)c2c1C. The van der Waals surface area contributed by atoms with E-state index in [1.54, 1.807) is 19.1 Å². The van der Waals surface area contributed by atoms with E-state index >= 15 is 0 Å². The molecule has 4 heterocycles. The van der Waals surface area contributed by atoms with Gasteiger partial charge in [0.25, 0.3) is 0 Å². The Kier molecular flexibility index (Phi) is 6.33. The van der Waals surface area contributed by atoms with E-state index in [0.29, 0.717) is 28.9 Å². The number of esters is 1. The number of carbonyl (C=O) groups is 2. The fraction of sp³-hybridized carbons (Fsp3) is 0.381. The molecule has 0 spiro atoms. The van der Waals surface area contributed by atoms with E-state index in [1.807, 2.05) is 6.92 Å². The third-order valence-corrected chi connectivity index (χ3v) is 6.64. The molecule has 1 saturated heterocycles. The quantitative estimate of drug-likeness (QED) is 0.574. The fourth-order valence-corrected chi connectivity index (χ4v) is 4.89. The number of hydrogen-bond donors (Lipinski definition) is 1. The van der Waals surface area contributed by atoms with Crippen molar-refractivity contribution in [2.45, 2.75) is 26.7 Å². The molecule has 0 aliphatic carbocycles. The highest BCUT2D eigenvalue weighted by atomic mass is 35.5. The minimum absolute atomic E-state index is 0.0842. The van der Waals surface area contributed by atoms with Gasteiger partial charge in [-0.3, -0.25) is 4.79 Å². The lowest BCUT2D eigenvalue weighted by molar-refractivity contribution is -0.120. The highest BCUT2D eigenvalue weighted by Gasteiger charge is 2.29. The van der Waals surface area contributed by atoms with Crippen LogP contribution in [0.4, 0.5) is 11.6 Å². The molecule has 1 N–H and O–H groups in total. The van der Waals surface area contributed by atoms with Crippen LogP contribution < -0.4 is 10.2 Å². The maximum Gasteiger partial charge on any atom is 0.348 e. The molecular formula is C21H22ClN5O3S. The number of aromatic nitrogens is 3. The largest absolute Gasteiger partial charge is 0.462 e. The normalized spacial score (nSPS) is 16.4. The number of amides is 1. The van der Waals surface area contributed by atoms with E-state index in [4.69, 9.17) is 16.3 Å². The topological polar surface area (TPSA) is 97.3 Å². The predicted molar refractivity (Wildman–Crippen MR) is 121 cm³/mol. The van der Waals surface area contributed by atoms with E-state index in [0.717, 1.165) is 41.0 Å². The van der Waals surface area contributed by atoms with Crippen molar-refractivity contribution in [1.82, 2.24) is 15.0 Å². The molecule has 4 rings (SSSR count). The molecule has 0 saturated carbocycles. The zero-order valence-electron chi connectivity index (χ0n) is 17.2. The first-order valence-electron chi connectivity index (χ1n) is 10.1. The average molecular weight is 460 g/mol. The van der Waals surface area contributed by atoms with Crippen molar-refractivity contribution in [3.8, 4) is 0 Å². The molecule has 3 aromatic heterocycles. The minimum atomic E-state index is -0.347. The van der Waals surface area contributed by atoms with Gasteiger partial charge in [-0.25, -0.2) is 19.7 Å². The average Bonchev–Trinajstić information content (AvgIpc) is 3.12. The Morgan fingerprint density at radius 1 is 1.32 bits per heavy atom. The van der Waals surface area contributed by atoms with Crippen LogP contribution in [0.5, 0.6) is 0 Å². The number of anilines is 2. The first kappa shape index (κ1) is 21.5. The Morgan fingerprint density at radius 3 is 2.90 bits per heavy atom. The van der Waals surface area contributed by atoms with Crippen molar-refractivity contribution in [3.05, 3.63) is 40.1 Å². The molecule has 1 aliphatic rings. The van der Waals surface area contributed by atoms with Gasteiger partial charge in [-0.1, -0.05) is 11.6 Å². The molecule has 1 unspecified atom stereocenters. The number of rotatable bonds is 5. The lowest BCUT2D eigenvalue weighted by Gasteiger charge is -2.33. The molecule has 1 aliphatic heterocycles. The number of pyridine rings is 1. The second kappa shape index (κ2) is 9.15. The molecule has 0 aromatic carbocycles. The zero-order chi connectivity index (χ0) is 22.0. The lowest BCUT2D eigenvalue weighted by Crippen LogP contribution is -2.41. The Balaban J connectivity index is 1.57. The molecule has 10 heteroatoms. The predicted octanol–water partition coefficient (Wildman–Crippen LogP) is 4.08. The number of aryl methyl sites for hydroxylation is 1. The summed E-state index contributed by atoms with van der Waals surface area (Å²) in [5.74, 6) is 0.583. The third kappa shape index (κ3) is 4.47. The van der Waals surface area contributed by atoms with Gasteiger partial charge < -0.3 is 15.0 Å². The molecule has 1 atom stereocenters. The molecule has 1 fully saturated rings. The van der Waals surface area contributed by atoms with Crippen molar-refractivity contribution >= 4 is 56.7 Å². The Labute approximate surface area is 188 Å². The highest BCUT2D eigenvalue weighted by Crippen LogP contribution is 2.36. The van der Waals surface area contributed by atoms with Crippen molar-refractivity contribution in [2.75, 3.05) is 29.9 Å². The van der Waals surface area contributed by atoms with Gasteiger partial charge in [0.05, 0.1) is 22.9 Å². The van der Waals surface area contributed by atoms with Crippen LogP contribution in [0.2, 0.25) is 5.02 Å². The summed E-state index contributed by atoms with van der Waals surface area (Å²) in [5.41, 5.74) is 0.811. The third-order valence-electron chi connectivity index (χ3n) is 5.24. The molecule has 0 radical (unpaired) electrons. The van der Waals surface area contributed by atoms with Gasteiger partial charge in [0, 0.05) is 19.3 Å². The Hall–Kier alpha value is -2.78. The smallest absolute Gasteiger partial charge is 0.348 e. The Bertz CT molecular complexity index is 1120. The maximum atomic E-state index is 12.8. The summed E-state index contributed by atoms with van der Waals surface area (Å²) in [4.78, 5) is 41.5. The van der Waals surface area contributed by atoms with Gasteiger partial charge in [-0.15, -0.1) is 11.3 Å². The first-order valence-corrected chi connectivity index (χ1v) is 11.3. The highest BCUT2D eigenvalue weighted by molar-refractivity contribution is 7.20. The summed E-state index contributed by atoms with van der Waals surface area (Å²) in [7, 11) is 0. The summed E-state index contributed by atoms with van der Waals surface area (Å²) < 4.78 is 5.18. The lowest BCUT2D eigenvalue weighted by atomic mass is 9.96. The maximum absolute atomic E-state index is 12.8. The molecule has 3 aromatic rings. The number of carbonyl (C=O) groups excluding carboxylic acids is 2. The van der Waals surface area contributed by atoms with Crippen molar-refractivity contribution < 1.29 is 14.3 Å². The van der Waals surface area contributed by atoms with Gasteiger partial charge in [0.2, 0.25) is 5.91 Å². The van der Waals surface area contributed by atoms with E-state index in [1.165, 1.54) is 23.9 Å². The van der Waals surface area contributed by atoms with Crippen LogP contribution in [0.25, 0.3) is 10.2 Å². The summed E-state index contributed by atoms with van der Waals surface area (Å²) >= 11 is 7.17. The number of piperidine rings is 1. The second-order valence-electron chi connectivity index (χ2n) is 7.29. The van der Waals surface area contributed by atoms with Gasteiger partial charge in [0.1, 0.15) is 27.7 Å². The van der Waals surface area contributed by atoms with Crippen LogP contribution in [0, 0.1) is 12.8 Å². The summed E-state index contributed by atoms with van der Waals surface area (Å²) in [6, 6.07) is 3.37. The zero-order valence-corrected chi connectivity index (χ0v) is 18.8. The van der Waals surface area contributed by atoms with Crippen molar-refractivity contribution in [2.24, 2.45) is 5.92 Å². The summed E-state index contributed by atoms with van der Waals surface area (Å²) in [6.45, 7) is 5.29. The molecule has 162 valence electrons. The van der Waals surface area contributed by atoms with E-state index < -0.39 is 0 Å². The van der Waals surface area contributed by atoms with Crippen LogP contribution >= 0.6 is 22.9 Å². The second-order valence-corrected chi connectivity index (χ2v) is 8.73. The van der Waals surface area contributed by atoms with Crippen molar-refractivity contribution in [3.63, 3.8) is 0 Å². The van der Waals surface area contributed by atoms with Gasteiger partial charge in [-0.2, -0.15) is 0 Å². The van der Waals surface area contributed by atoms with E-state index in [9.17, 15) is 9.59 Å². The first-order chi connectivity index (χ1) is 15.0. The molecule has 1 amide bonds. The van der Waals surface area contributed by atoms with Crippen LogP contribution in [0.1, 0.15) is 35.0 Å². The summed E-state index contributed by atoms with van der Waals surface area (Å²) in [5, 5.41) is 4.23. The van der Waals surface area contributed by atoms with Crippen LogP contribution in [-0.2, 0) is 9.53 Å². The number of nitrogens with one attached hydrogen (secondary N) is 1. The summed E-state index contributed by atoms with van der Waals surface area (Å²) in [6.07, 6.45) is 4.64. The monoisotopic (exact) mass is 459 g/mol. The number of ether oxygens (including phenoxy) is 1. The molecule has 31 heavy (non-hydrogen) atoms. The van der Waals surface area contributed by atoms with Crippen molar-refractivity contribution in [1.29, 1.82) is 0 Å². The van der Waals surface area contributed by atoms with Gasteiger partial charge in [0.15, 0.2) is 0 Å². The molecular weight excluding hydrogens is 438 g/mol. The molecule has 0 bridgehead atoms. The van der Waals surface area contributed by atoms with E-state index in [2.05, 4.69) is 25.2 Å². The van der Waals surface area contributed by atoms with Gasteiger partial charge in [-0.05, 0) is 44.4 Å². The number of fused-ring (bicyclic) bond motifs is 1. The Morgan fingerprint density at radius 2 is 2.16 bits per heavy atom. The van der Waals surface area contributed by atoms with Crippen LogP contribution in [0.3, 0.4) is 0 Å². The van der Waals surface area contributed by atoms with Crippen LogP contribution in [-0.4, -0.2) is 46.5 Å². The number of halogens is 1.